The summed E-state index contributed by atoms with van der Waals surface area (Å²) >= 11 is 0. The quantitative estimate of drug-likeness (QED) is 0.209. The Morgan fingerprint density at radius 1 is 0.892 bits per heavy atom. The lowest BCUT2D eigenvalue weighted by molar-refractivity contribution is 0.0920. The third-order valence-corrected chi connectivity index (χ3v) is 5.50. The lowest BCUT2D eigenvalue weighted by Crippen LogP contribution is -2.27. The maximum absolute atomic E-state index is 12.5. The van der Waals surface area contributed by atoms with E-state index < -0.39 is 0 Å². The number of para-hydroxylation sites is 2. The molecule has 0 atom stereocenters. The summed E-state index contributed by atoms with van der Waals surface area (Å²) in [4.78, 5) is 27.0. The molecule has 3 aromatic carbocycles. The molecular weight excluding hydrogens is 472 g/mol. The normalized spacial score (nSPS) is 10.9. The highest BCUT2D eigenvalue weighted by Gasteiger charge is 2.13. The van der Waals surface area contributed by atoms with Crippen molar-refractivity contribution in [2.24, 2.45) is 0 Å². The number of anilines is 2. The van der Waals surface area contributed by atoms with Crippen LogP contribution in [-0.4, -0.2) is 57.1 Å². The molecule has 4 N–H and O–H groups in total. The summed E-state index contributed by atoms with van der Waals surface area (Å²) in [5, 5.41) is 6.39. The lowest BCUT2D eigenvalue weighted by Gasteiger charge is -2.10. The number of furan rings is 1. The second kappa shape index (κ2) is 12.0. The van der Waals surface area contributed by atoms with Crippen molar-refractivity contribution in [3.63, 3.8) is 0 Å². The Kier molecular flexibility index (Phi) is 8.27. The molecule has 0 aliphatic heterocycles. The van der Waals surface area contributed by atoms with Crippen LogP contribution in [0.15, 0.2) is 77.2 Å². The monoisotopic (exact) mass is 502 g/mol. The first-order valence-electron chi connectivity index (χ1n) is 11.9. The van der Waals surface area contributed by atoms with Gasteiger partial charge in [0.05, 0.1) is 17.9 Å². The van der Waals surface area contributed by atoms with Crippen LogP contribution in [0.2, 0.25) is 0 Å². The van der Waals surface area contributed by atoms with Crippen molar-refractivity contribution in [3.8, 4) is 11.5 Å². The molecule has 9 heteroatoms. The Hall–Kier alpha value is -4.50. The van der Waals surface area contributed by atoms with Gasteiger partial charge >= 0.3 is 0 Å². The molecule has 0 fully saturated rings. The molecule has 0 radical (unpaired) electrons. The van der Waals surface area contributed by atoms with Gasteiger partial charge in [0.1, 0.15) is 30.3 Å². The number of nitrogen functional groups attached to an aromatic ring is 1. The first-order chi connectivity index (χ1) is 17.9. The zero-order valence-electron chi connectivity index (χ0n) is 20.8. The van der Waals surface area contributed by atoms with E-state index in [0.29, 0.717) is 40.6 Å². The molecule has 1 aromatic heterocycles. The second-order valence-electron chi connectivity index (χ2n) is 8.63. The molecule has 192 valence electrons. The van der Waals surface area contributed by atoms with E-state index in [4.69, 9.17) is 19.6 Å². The zero-order valence-corrected chi connectivity index (χ0v) is 20.8. The Bertz CT molecular complexity index is 1360. The van der Waals surface area contributed by atoms with Crippen molar-refractivity contribution in [3.05, 3.63) is 84.1 Å². The summed E-state index contributed by atoms with van der Waals surface area (Å²) in [6.45, 7) is 1.90. The van der Waals surface area contributed by atoms with Crippen LogP contribution in [0.5, 0.6) is 11.5 Å². The van der Waals surface area contributed by atoms with Crippen molar-refractivity contribution in [1.82, 2.24) is 10.2 Å². The van der Waals surface area contributed by atoms with E-state index in [1.807, 2.05) is 31.1 Å². The van der Waals surface area contributed by atoms with E-state index >= 15 is 0 Å². The minimum Gasteiger partial charge on any atom is -0.492 e. The Morgan fingerprint density at radius 2 is 1.62 bits per heavy atom. The summed E-state index contributed by atoms with van der Waals surface area (Å²) in [6, 6.07) is 21.0. The summed E-state index contributed by atoms with van der Waals surface area (Å²) in [5.74, 6) is 0.888. The van der Waals surface area contributed by atoms with Crippen molar-refractivity contribution < 1.29 is 23.5 Å². The molecule has 0 saturated heterocycles. The van der Waals surface area contributed by atoms with Gasteiger partial charge in [0.2, 0.25) is 0 Å². The summed E-state index contributed by atoms with van der Waals surface area (Å²) in [5.41, 5.74) is 7.98. The van der Waals surface area contributed by atoms with Crippen molar-refractivity contribution in [1.29, 1.82) is 0 Å². The van der Waals surface area contributed by atoms with Crippen LogP contribution in [0.3, 0.4) is 0 Å². The number of likely N-dealkylation sites (N-methyl/N-ethyl adjacent to an activating group) is 1. The number of nitrogens with zero attached hydrogens (tertiary/aromatic N) is 1. The fourth-order valence-electron chi connectivity index (χ4n) is 3.49. The van der Waals surface area contributed by atoms with Crippen molar-refractivity contribution >= 4 is 34.2 Å². The third kappa shape index (κ3) is 7.02. The van der Waals surface area contributed by atoms with Crippen LogP contribution in [0, 0.1) is 0 Å². The minimum atomic E-state index is -0.331. The maximum Gasteiger partial charge on any atom is 0.287 e. The zero-order chi connectivity index (χ0) is 26.2. The maximum atomic E-state index is 12.5. The Morgan fingerprint density at radius 3 is 2.38 bits per heavy atom. The van der Waals surface area contributed by atoms with E-state index in [9.17, 15) is 9.59 Å². The van der Waals surface area contributed by atoms with Crippen LogP contribution in [0.1, 0.15) is 20.9 Å². The fraction of sp³-hybridized carbons (Fsp3) is 0.214. The molecule has 1 heterocycles. The number of carbonyl (C=O) groups is 2. The highest BCUT2D eigenvalue weighted by atomic mass is 16.5. The molecule has 4 aromatic rings. The summed E-state index contributed by atoms with van der Waals surface area (Å²) < 4.78 is 17.1. The van der Waals surface area contributed by atoms with Crippen LogP contribution < -0.4 is 25.8 Å². The minimum absolute atomic E-state index is 0.217. The highest BCUT2D eigenvalue weighted by Crippen LogP contribution is 2.24. The van der Waals surface area contributed by atoms with Crippen molar-refractivity contribution in [2.45, 2.75) is 0 Å². The van der Waals surface area contributed by atoms with Crippen molar-refractivity contribution in [2.75, 3.05) is 51.4 Å². The van der Waals surface area contributed by atoms with Crippen LogP contribution in [-0.2, 0) is 0 Å². The molecule has 4 rings (SSSR count). The first kappa shape index (κ1) is 25.6. The molecular formula is C28H30N4O5. The van der Waals surface area contributed by atoms with Gasteiger partial charge in [0, 0.05) is 23.6 Å². The van der Waals surface area contributed by atoms with Gasteiger partial charge in [-0.25, -0.2) is 0 Å². The molecule has 0 aliphatic carbocycles. The topological polar surface area (TPSA) is 119 Å². The number of benzene rings is 3. The van der Waals surface area contributed by atoms with E-state index in [1.165, 1.54) is 0 Å². The molecule has 0 saturated carbocycles. The fourth-order valence-corrected chi connectivity index (χ4v) is 3.49. The molecule has 0 unspecified atom stereocenters. The van der Waals surface area contributed by atoms with E-state index in [2.05, 4.69) is 10.6 Å². The number of fused-ring (bicyclic) bond motifs is 1. The van der Waals surface area contributed by atoms with Gasteiger partial charge in [-0.05, 0) is 68.7 Å². The van der Waals surface area contributed by atoms with E-state index in [0.717, 1.165) is 11.9 Å². The van der Waals surface area contributed by atoms with E-state index in [-0.39, 0.29) is 30.7 Å². The number of hydrogen-bond acceptors (Lipinski definition) is 7. The molecule has 2 amide bonds. The summed E-state index contributed by atoms with van der Waals surface area (Å²) in [6.07, 6.45) is 0. The molecule has 37 heavy (non-hydrogen) atoms. The largest absolute Gasteiger partial charge is 0.492 e. The lowest BCUT2D eigenvalue weighted by atomic mass is 10.2. The number of nitrogens with one attached hydrogen (secondary N) is 2. The van der Waals surface area contributed by atoms with Crippen LogP contribution in [0.25, 0.3) is 11.0 Å². The number of carbonyl (C=O) groups excluding carboxylic acids is 2. The molecule has 0 bridgehead atoms. The highest BCUT2D eigenvalue weighted by molar-refractivity contribution is 6.05. The van der Waals surface area contributed by atoms with Gasteiger partial charge in [-0.1, -0.05) is 12.1 Å². The number of hydrogen-bond donors (Lipinski definition) is 3. The second-order valence-corrected chi connectivity index (χ2v) is 8.63. The van der Waals surface area contributed by atoms with E-state index in [1.54, 1.807) is 60.7 Å². The van der Waals surface area contributed by atoms with Gasteiger partial charge in [0.15, 0.2) is 5.76 Å². The average molecular weight is 503 g/mol. The Balaban J connectivity index is 1.23. The number of amides is 2. The van der Waals surface area contributed by atoms with Gasteiger partial charge in [-0.15, -0.1) is 0 Å². The smallest absolute Gasteiger partial charge is 0.287 e. The predicted molar refractivity (Wildman–Crippen MR) is 143 cm³/mol. The molecule has 0 spiro atoms. The van der Waals surface area contributed by atoms with Crippen LogP contribution in [0.4, 0.5) is 11.4 Å². The Labute approximate surface area is 215 Å². The van der Waals surface area contributed by atoms with Gasteiger partial charge in [-0.2, -0.15) is 0 Å². The number of nitrogens with two attached hydrogens (primary N) is 1. The molecule has 0 aliphatic rings. The number of rotatable bonds is 11. The standard InChI is InChI=1S/C28H30N4O5/c1-32(2)14-16-36-22-12-9-20-17-26(37-25(20)18-22)28(34)30-13-15-35-21-10-7-19(8-11-21)27(33)31-24-6-4-3-5-23(24)29/h3-12,17-18H,13-16,29H2,1-2H3,(H,30,34)(H,31,33). The van der Waals surface area contributed by atoms with Gasteiger partial charge < -0.3 is 35.2 Å². The summed E-state index contributed by atoms with van der Waals surface area (Å²) in [7, 11) is 3.96. The SMILES string of the molecule is CN(C)CCOc1ccc2cc(C(=O)NCCOc3ccc(C(=O)Nc4ccccc4N)cc3)oc2c1. The van der Waals surface area contributed by atoms with Gasteiger partial charge in [0.25, 0.3) is 11.8 Å². The van der Waals surface area contributed by atoms with Crippen LogP contribution >= 0.6 is 0 Å². The predicted octanol–water partition coefficient (Wildman–Crippen LogP) is 4.02. The molecule has 9 nitrogen and oxygen atoms in total. The van der Waals surface area contributed by atoms with Gasteiger partial charge in [-0.3, -0.25) is 9.59 Å². The third-order valence-electron chi connectivity index (χ3n) is 5.50. The number of ether oxygens (including phenoxy) is 2. The first-order valence-corrected chi connectivity index (χ1v) is 11.9. The average Bonchev–Trinajstić information content (AvgIpc) is 3.32.